The molecule has 0 aliphatic heterocycles. The summed E-state index contributed by atoms with van der Waals surface area (Å²) < 4.78 is 11.9. The number of benzene rings is 9. The van der Waals surface area contributed by atoms with E-state index in [0.29, 0.717) is 17.5 Å². The number of fused-ring (bicyclic) bond motifs is 14. The first kappa shape index (κ1) is 42.8. The van der Waals surface area contributed by atoms with Gasteiger partial charge in [0.25, 0.3) is 0 Å². The predicted molar refractivity (Wildman–Crippen MR) is 315 cm³/mol. The van der Waals surface area contributed by atoms with Crippen molar-refractivity contribution in [3.05, 3.63) is 243 Å². The number of nitrogens with zero attached hydrogens (tertiary/aromatic N) is 7. The average molecular weight is 1010 g/mol. The highest BCUT2D eigenvalue weighted by atomic mass is 32.1. The van der Waals surface area contributed by atoms with Crippen LogP contribution in [0.1, 0.15) is 0 Å². The summed E-state index contributed by atoms with van der Waals surface area (Å²) in [7, 11) is 0. The lowest BCUT2D eigenvalue weighted by Gasteiger charge is -2.10. The van der Waals surface area contributed by atoms with Gasteiger partial charge in [-0.25, -0.2) is 19.5 Å². The van der Waals surface area contributed by atoms with Crippen LogP contribution in [0, 0.1) is 0 Å². The number of rotatable bonds is 7. The van der Waals surface area contributed by atoms with E-state index < -0.39 is 0 Å². The molecular weight excluding hydrogens is 967 g/mol. The standard InChI is InChI=1S/C67H40N7S2/c1-5-17-41(18-6-1)64-69-65(42-19-7-2-8-20-42)71-66(70-64)52-38-44(43-29-34-58-51(37-43)47-30-32-56-60(62(47)75-58)49-25-13-15-27-54(49)73(56)45-21-9-3-10-22-45)39-68-67(52)72-36-35-59-53(40-72)48-31-33-57-61(63(48)76-59)50-26-14-16-28-55(50)74(57)46-23-11-4-12-24-46/h1-40H/q+1. The molecule has 16 rings (SSSR count). The molecule has 0 bridgehead atoms. The van der Waals surface area contributed by atoms with Gasteiger partial charge in [-0.15, -0.1) is 22.7 Å². The van der Waals surface area contributed by atoms with E-state index in [-0.39, 0.29) is 0 Å². The zero-order valence-electron chi connectivity index (χ0n) is 40.5. The molecule has 0 saturated carbocycles. The second-order valence-electron chi connectivity index (χ2n) is 19.2. The lowest BCUT2D eigenvalue weighted by Crippen LogP contribution is -2.31. The van der Waals surface area contributed by atoms with Crippen LogP contribution in [0.25, 0.3) is 146 Å². The van der Waals surface area contributed by atoms with Gasteiger partial charge >= 0.3 is 5.82 Å². The molecule has 7 nitrogen and oxygen atoms in total. The van der Waals surface area contributed by atoms with E-state index in [9.17, 15) is 0 Å². The second kappa shape index (κ2) is 16.9. The van der Waals surface area contributed by atoms with Crippen molar-refractivity contribution in [2.75, 3.05) is 0 Å². The lowest BCUT2D eigenvalue weighted by molar-refractivity contribution is -0.597. The van der Waals surface area contributed by atoms with Crippen molar-refractivity contribution in [2.45, 2.75) is 0 Å². The van der Waals surface area contributed by atoms with Crippen molar-refractivity contribution in [3.8, 4) is 62.5 Å². The van der Waals surface area contributed by atoms with E-state index in [2.05, 4.69) is 214 Å². The molecular formula is C67H40N7S2+. The molecule has 0 spiro atoms. The number of hydrogen-bond acceptors (Lipinski definition) is 6. The Balaban J connectivity index is 0.901. The summed E-state index contributed by atoms with van der Waals surface area (Å²) in [5, 5.41) is 9.83. The maximum atomic E-state index is 5.40. The summed E-state index contributed by atoms with van der Waals surface area (Å²) in [6.45, 7) is 0. The van der Waals surface area contributed by atoms with Crippen molar-refractivity contribution in [1.29, 1.82) is 0 Å². The Morgan fingerprint density at radius 2 is 0.855 bits per heavy atom. The van der Waals surface area contributed by atoms with Crippen LogP contribution in [-0.2, 0) is 0 Å². The van der Waals surface area contributed by atoms with Crippen LogP contribution in [0.5, 0.6) is 0 Å². The molecule has 0 aliphatic rings. The molecule has 9 aromatic carbocycles. The minimum Gasteiger partial charge on any atom is -0.309 e. The van der Waals surface area contributed by atoms with Gasteiger partial charge in [0.15, 0.2) is 17.5 Å². The number of aromatic nitrogens is 7. The molecule has 16 aromatic rings. The van der Waals surface area contributed by atoms with E-state index in [1.54, 1.807) is 0 Å². The van der Waals surface area contributed by atoms with Gasteiger partial charge in [-0.1, -0.05) is 152 Å². The SMILES string of the molecule is c1ccc(-c2nc(-c3ccccc3)nc(-c3cc(-c4ccc5sc6c(ccc7c6c6ccccc6n7-c6ccccc6)c5c4)cnc3-[n+]3ccc4sc5c(ccc6c5c5ccccc5n6-c5ccccc5)c4c3)n2)cc1. The van der Waals surface area contributed by atoms with Crippen LogP contribution in [0.15, 0.2) is 243 Å². The second-order valence-corrected chi connectivity index (χ2v) is 21.3. The number of para-hydroxylation sites is 4. The number of thiophene rings is 2. The van der Waals surface area contributed by atoms with Crippen LogP contribution >= 0.6 is 22.7 Å². The van der Waals surface area contributed by atoms with Gasteiger partial charge in [0.2, 0.25) is 0 Å². The third kappa shape index (κ3) is 6.63. The van der Waals surface area contributed by atoms with Gasteiger partial charge in [-0.2, -0.15) is 0 Å². The minimum absolute atomic E-state index is 0.537. The fourth-order valence-corrected chi connectivity index (χ4v) is 13.9. The Morgan fingerprint density at radius 3 is 1.43 bits per heavy atom. The topological polar surface area (TPSA) is 65.3 Å². The fraction of sp³-hybridized carbons (Fsp3) is 0. The first-order chi connectivity index (χ1) is 37.7. The third-order valence-corrected chi connectivity index (χ3v) is 17.3. The third-order valence-electron chi connectivity index (χ3n) is 14.9. The molecule has 0 unspecified atom stereocenters. The Kier molecular flexibility index (Phi) is 9.54. The van der Waals surface area contributed by atoms with Gasteiger partial charge < -0.3 is 9.13 Å². The van der Waals surface area contributed by atoms with E-state index in [1.165, 1.54) is 78.6 Å². The molecule has 76 heavy (non-hydrogen) atoms. The minimum atomic E-state index is 0.537. The molecule has 0 N–H and O–H groups in total. The van der Waals surface area contributed by atoms with Crippen molar-refractivity contribution >= 4 is 107 Å². The lowest BCUT2D eigenvalue weighted by atomic mass is 10.0. The largest absolute Gasteiger partial charge is 0.338 e. The summed E-state index contributed by atoms with van der Waals surface area (Å²) in [6.07, 6.45) is 6.37. The first-order valence-electron chi connectivity index (χ1n) is 25.4. The predicted octanol–water partition coefficient (Wildman–Crippen LogP) is 17.1. The van der Waals surface area contributed by atoms with Crippen LogP contribution in [0.4, 0.5) is 0 Å². The maximum Gasteiger partial charge on any atom is 0.338 e. The molecule has 0 amide bonds. The monoisotopic (exact) mass is 1010 g/mol. The molecule has 0 fully saturated rings. The summed E-state index contributed by atoms with van der Waals surface area (Å²) in [5.41, 5.74) is 11.7. The highest BCUT2D eigenvalue weighted by molar-refractivity contribution is 7.27. The number of pyridine rings is 2. The van der Waals surface area contributed by atoms with Gasteiger partial charge in [0.05, 0.1) is 28.3 Å². The Hall–Kier alpha value is -9.67. The average Bonchev–Trinajstić information content (AvgIpc) is 4.30. The maximum absolute atomic E-state index is 5.40. The number of hydrogen-bond donors (Lipinski definition) is 0. The highest BCUT2D eigenvalue weighted by Gasteiger charge is 2.26. The Bertz CT molecular complexity index is 4930. The van der Waals surface area contributed by atoms with Gasteiger partial charge in [0.1, 0.15) is 18.0 Å². The Morgan fingerprint density at radius 1 is 0.355 bits per heavy atom. The van der Waals surface area contributed by atoms with Gasteiger partial charge in [-0.3, -0.25) is 0 Å². The smallest absolute Gasteiger partial charge is 0.309 e. The van der Waals surface area contributed by atoms with E-state index in [1.807, 2.05) is 65.3 Å². The van der Waals surface area contributed by atoms with Crippen molar-refractivity contribution in [3.63, 3.8) is 0 Å². The van der Waals surface area contributed by atoms with E-state index in [0.717, 1.165) is 50.4 Å². The van der Waals surface area contributed by atoms with Crippen LogP contribution in [-0.4, -0.2) is 29.1 Å². The summed E-state index contributed by atoms with van der Waals surface area (Å²) >= 11 is 3.70. The summed E-state index contributed by atoms with van der Waals surface area (Å²) in [6, 6.07) is 79.6. The highest BCUT2D eigenvalue weighted by Crippen LogP contribution is 2.46. The Labute approximate surface area is 443 Å². The molecule has 0 aliphatic carbocycles. The molecule has 7 heterocycles. The van der Waals surface area contributed by atoms with Crippen molar-refractivity contribution < 1.29 is 4.57 Å². The molecule has 0 atom stereocenters. The zero-order chi connectivity index (χ0) is 49.8. The summed E-state index contributed by atoms with van der Waals surface area (Å²) in [4.78, 5) is 21.1. The zero-order valence-corrected chi connectivity index (χ0v) is 42.2. The molecule has 0 radical (unpaired) electrons. The quantitative estimate of drug-likeness (QED) is 0.149. The van der Waals surface area contributed by atoms with Crippen LogP contribution < -0.4 is 4.57 Å². The van der Waals surface area contributed by atoms with Gasteiger partial charge in [0, 0.05) is 90.0 Å². The van der Waals surface area contributed by atoms with Crippen molar-refractivity contribution in [2.24, 2.45) is 0 Å². The molecule has 9 heteroatoms. The molecule has 7 aromatic heterocycles. The molecule has 0 saturated heterocycles. The van der Waals surface area contributed by atoms with E-state index >= 15 is 0 Å². The molecule has 354 valence electrons. The van der Waals surface area contributed by atoms with Crippen LogP contribution in [0.3, 0.4) is 0 Å². The van der Waals surface area contributed by atoms with Crippen LogP contribution in [0.2, 0.25) is 0 Å². The normalized spacial score (nSPS) is 11.9. The fourth-order valence-electron chi connectivity index (χ4n) is 11.5. The van der Waals surface area contributed by atoms with Gasteiger partial charge in [-0.05, 0) is 83.3 Å². The van der Waals surface area contributed by atoms with Crippen molar-refractivity contribution in [1.82, 2.24) is 29.1 Å². The summed E-state index contributed by atoms with van der Waals surface area (Å²) in [5.74, 6) is 2.44. The van der Waals surface area contributed by atoms with E-state index in [4.69, 9.17) is 19.9 Å². The first-order valence-corrected chi connectivity index (χ1v) is 27.0.